The number of carbonyl (C=O) groups is 2. The quantitative estimate of drug-likeness (QED) is 0.499. The third kappa shape index (κ3) is 4.71. The summed E-state index contributed by atoms with van der Waals surface area (Å²) in [5.74, 6) is 0.448. The predicted molar refractivity (Wildman–Crippen MR) is 124 cm³/mol. The fourth-order valence-electron chi connectivity index (χ4n) is 4.31. The van der Waals surface area contributed by atoms with Crippen LogP contribution in [-0.4, -0.2) is 28.0 Å². The highest BCUT2D eigenvalue weighted by Gasteiger charge is 2.27. The first-order valence-corrected chi connectivity index (χ1v) is 11.8. The summed E-state index contributed by atoms with van der Waals surface area (Å²) in [5.41, 5.74) is 2.78. The molecule has 3 aromatic heterocycles. The molecule has 8 nitrogen and oxygen atoms in total. The van der Waals surface area contributed by atoms with Crippen LogP contribution >= 0.6 is 11.3 Å². The lowest BCUT2D eigenvalue weighted by Gasteiger charge is -2.19. The van der Waals surface area contributed by atoms with Crippen LogP contribution in [0.25, 0.3) is 10.8 Å². The van der Waals surface area contributed by atoms with Crippen molar-refractivity contribution in [3.63, 3.8) is 0 Å². The van der Waals surface area contributed by atoms with E-state index in [0.29, 0.717) is 28.7 Å². The average molecular weight is 467 g/mol. The third-order valence-corrected chi connectivity index (χ3v) is 6.97. The van der Waals surface area contributed by atoms with Gasteiger partial charge in [0.2, 0.25) is 5.89 Å². The van der Waals surface area contributed by atoms with Crippen molar-refractivity contribution in [3.05, 3.63) is 45.8 Å². The molecule has 0 atom stereocenters. The highest BCUT2D eigenvalue weighted by Crippen LogP contribution is 2.37. The molecule has 33 heavy (non-hydrogen) atoms. The Hall–Kier alpha value is -3.38. The number of aromatic nitrogens is 2. The molecule has 0 spiro atoms. The molecule has 0 radical (unpaired) electrons. The SMILES string of the molecule is Cc1oc(-c2cccs2)nc1CC(=O)OCC(=O)Nc1c(C#N)c(C)c(C)n1C1CCCC1. The molecule has 0 unspecified atom stereocenters. The summed E-state index contributed by atoms with van der Waals surface area (Å²) in [6.07, 6.45) is 4.20. The smallest absolute Gasteiger partial charge is 0.312 e. The van der Waals surface area contributed by atoms with Crippen molar-refractivity contribution < 1.29 is 18.7 Å². The monoisotopic (exact) mass is 466 g/mol. The van der Waals surface area contributed by atoms with E-state index in [4.69, 9.17) is 9.15 Å². The lowest BCUT2D eigenvalue weighted by molar-refractivity contribution is -0.146. The van der Waals surface area contributed by atoms with Gasteiger partial charge in [0.1, 0.15) is 17.6 Å². The Morgan fingerprint density at radius 3 is 2.76 bits per heavy atom. The first-order valence-electron chi connectivity index (χ1n) is 11.0. The molecule has 1 amide bonds. The van der Waals surface area contributed by atoms with Crippen LogP contribution in [0.3, 0.4) is 0 Å². The van der Waals surface area contributed by atoms with Gasteiger partial charge in [0, 0.05) is 11.7 Å². The van der Waals surface area contributed by atoms with Crippen molar-refractivity contribution in [1.29, 1.82) is 5.26 Å². The maximum Gasteiger partial charge on any atom is 0.312 e. The Labute approximate surface area is 196 Å². The maximum atomic E-state index is 12.6. The van der Waals surface area contributed by atoms with E-state index < -0.39 is 18.5 Å². The number of anilines is 1. The molecule has 0 aromatic carbocycles. The first-order chi connectivity index (χ1) is 15.9. The average Bonchev–Trinajstić information content (AvgIpc) is 3.57. The molecule has 1 aliphatic carbocycles. The van der Waals surface area contributed by atoms with E-state index in [-0.39, 0.29) is 12.5 Å². The lowest BCUT2D eigenvalue weighted by Crippen LogP contribution is -2.24. The maximum absolute atomic E-state index is 12.6. The van der Waals surface area contributed by atoms with Crippen LogP contribution in [0.5, 0.6) is 0 Å². The standard InChI is InChI=1S/C24H26N4O4S/c1-14-15(2)28(17-7-4-5-8-17)23(18(14)12-25)27-21(29)13-31-22(30)11-19-16(3)32-24(26-19)20-9-6-10-33-20/h6,9-10,17H,4-5,7-8,11,13H2,1-3H3,(H,27,29). The normalized spacial score (nSPS) is 13.8. The number of hydrogen-bond acceptors (Lipinski definition) is 7. The zero-order valence-electron chi connectivity index (χ0n) is 18.9. The van der Waals surface area contributed by atoms with Crippen LogP contribution in [0.4, 0.5) is 5.82 Å². The molecule has 9 heteroatoms. The second-order valence-corrected chi connectivity index (χ2v) is 9.19. The van der Waals surface area contributed by atoms with Crippen LogP contribution in [0.1, 0.15) is 60.0 Å². The number of nitrogens with zero attached hydrogens (tertiary/aromatic N) is 3. The Morgan fingerprint density at radius 1 is 1.33 bits per heavy atom. The molecule has 172 valence electrons. The Bertz CT molecular complexity index is 1210. The van der Waals surface area contributed by atoms with E-state index in [1.807, 2.05) is 31.4 Å². The number of esters is 1. The van der Waals surface area contributed by atoms with Gasteiger partial charge in [-0.15, -0.1) is 11.3 Å². The minimum absolute atomic E-state index is 0.0892. The predicted octanol–water partition coefficient (Wildman–Crippen LogP) is 4.84. The number of carbonyl (C=O) groups excluding carboxylic acids is 2. The van der Waals surface area contributed by atoms with Gasteiger partial charge in [-0.05, 0) is 50.6 Å². The number of nitrogens with one attached hydrogen (secondary N) is 1. The molecule has 1 N–H and O–H groups in total. The summed E-state index contributed by atoms with van der Waals surface area (Å²) in [5, 5.41) is 14.4. The van der Waals surface area contributed by atoms with Crippen LogP contribution in [0, 0.1) is 32.1 Å². The third-order valence-electron chi connectivity index (χ3n) is 6.12. The summed E-state index contributed by atoms with van der Waals surface area (Å²) in [4.78, 5) is 30.2. The highest BCUT2D eigenvalue weighted by atomic mass is 32.1. The lowest BCUT2D eigenvalue weighted by atomic mass is 10.2. The van der Waals surface area contributed by atoms with Gasteiger partial charge in [-0.3, -0.25) is 9.59 Å². The number of ether oxygens (including phenoxy) is 1. The number of aryl methyl sites for hydroxylation is 1. The number of thiophene rings is 1. The molecule has 1 fully saturated rings. The van der Waals surface area contributed by atoms with Crippen LogP contribution in [0.2, 0.25) is 0 Å². The number of amides is 1. The number of hydrogen-bond donors (Lipinski definition) is 1. The molecular weight excluding hydrogens is 440 g/mol. The molecular formula is C24H26N4O4S. The second-order valence-electron chi connectivity index (χ2n) is 8.24. The van der Waals surface area contributed by atoms with E-state index in [1.165, 1.54) is 11.3 Å². The van der Waals surface area contributed by atoms with Crippen molar-refractivity contribution in [2.24, 2.45) is 0 Å². The van der Waals surface area contributed by atoms with Gasteiger partial charge in [-0.25, -0.2) is 4.98 Å². The number of nitriles is 1. The largest absolute Gasteiger partial charge is 0.455 e. The second kappa shape index (κ2) is 9.63. The van der Waals surface area contributed by atoms with Crippen molar-refractivity contribution >= 4 is 29.0 Å². The van der Waals surface area contributed by atoms with E-state index >= 15 is 0 Å². The van der Waals surface area contributed by atoms with Crippen LogP contribution < -0.4 is 5.32 Å². The summed E-state index contributed by atoms with van der Waals surface area (Å²) in [6.45, 7) is 5.16. The van der Waals surface area contributed by atoms with E-state index in [2.05, 4.69) is 20.9 Å². The first kappa shape index (κ1) is 22.8. The fourth-order valence-corrected chi connectivity index (χ4v) is 4.95. The molecule has 1 aliphatic rings. The molecule has 0 aliphatic heterocycles. The minimum Gasteiger partial charge on any atom is -0.455 e. The van der Waals surface area contributed by atoms with Gasteiger partial charge in [-0.2, -0.15) is 5.26 Å². The van der Waals surface area contributed by atoms with E-state index in [0.717, 1.165) is 41.8 Å². The summed E-state index contributed by atoms with van der Waals surface area (Å²) in [6, 6.07) is 6.26. The Morgan fingerprint density at radius 2 is 2.09 bits per heavy atom. The van der Waals surface area contributed by atoms with Gasteiger partial charge in [-0.1, -0.05) is 18.9 Å². The summed E-state index contributed by atoms with van der Waals surface area (Å²) < 4.78 is 12.9. The van der Waals surface area contributed by atoms with Crippen molar-refractivity contribution in [3.8, 4) is 16.8 Å². The van der Waals surface area contributed by atoms with Gasteiger partial charge in [0.15, 0.2) is 6.61 Å². The molecule has 4 rings (SSSR count). The van der Waals surface area contributed by atoms with Crippen LogP contribution in [-0.2, 0) is 20.7 Å². The molecule has 0 bridgehead atoms. The van der Waals surface area contributed by atoms with Gasteiger partial charge in [0.05, 0.1) is 22.6 Å². The highest BCUT2D eigenvalue weighted by molar-refractivity contribution is 7.13. The van der Waals surface area contributed by atoms with E-state index in [1.54, 1.807) is 6.92 Å². The van der Waals surface area contributed by atoms with Crippen molar-refractivity contribution in [1.82, 2.24) is 9.55 Å². The molecule has 3 aromatic rings. The Balaban J connectivity index is 1.40. The zero-order valence-corrected chi connectivity index (χ0v) is 19.8. The van der Waals surface area contributed by atoms with Gasteiger partial charge in [0.25, 0.3) is 5.91 Å². The summed E-state index contributed by atoms with van der Waals surface area (Å²) in [7, 11) is 0. The van der Waals surface area contributed by atoms with Gasteiger partial charge < -0.3 is 19.0 Å². The molecule has 3 heterocycles. The topological polar surface area (TPSA) is 110 Å². The molecule has 0 saturated heterocycles. The van der Waals surface area contributed by atoms with Crippen LogP contribution in [0.15, 0.2) is 21.9 Å². The summed E-state index contributed by atoms with van der Waals surface area (Å²) >= 11 is 1.50. The fraction of sp³-hybridized carbons (Fsp3) is 0.417. The minimum atomic E-state index is -0.571. The van der Waals surface area contributed by atoms with E-state index in [9.17, 15) is 14.9 Å². The Kier molecular flexibility index (Phi) is 6.65. The molecule has 1 saturated carbocycles. The van der Waals surface area contributed by atoms with Crippen molar-refractivity contribution in [2.75, 3.05) is 11.9 Å². The van der Waals surface area contributed by atoms with Gasteiger partial charge >= 0.3 is 5.97 Å². The number of rotatable bonds is 7. The zero-order chi connectivity index (χ0) is 23.5. The van der Waals surface area contributed by atoms with Crippen molar-refractivity contribution in [2.45, 2.75) is 58.9 Å². The number of oxazole rings is 1.